The van der Waals surface area contributed by atoms with Gasteiger partial charge in [0.1, 0.15) is 17.9 Å². The van der Waals surface area contributed by atoms with Gasteiger partial charge in [0.05, 0.1) is 5.69 Å². The van der Waals surface area contributed by atoms with Crippen molar-refractivity contribution in [2.24, 2.45) is 0 Å². The molecule has 0 radical (unpaired) electrons. The third-order valence-corrected chi connectivity index (χ3v) is 4.63. The van der Waals surface area contributed by atoms with Crippen LogP contribution in [0.2, 0.25) is 5.02 Å². The Kier molecular flexibility index (Phi) is 6.13. The minimum Gasteiger partial charge on any atom is -0.511 e. The summed E-state index contributed by atoms with van der Waals surface area (Å²) in [5.74, 6) is -3.15. The smallest absolute Gasteiger partial charge is 0.322 e. The Hall–Kier alpha value is -3.39. The molecule has 0 aliphatic carbocycles. The number of amides is 2. The standard InChI is InChI=1S/C20H18ClN3O5/c21-14-4-2-13(3-5-14)15-6-1-12(9-22-15)11-24-8-7-16(25)18(20(24)29)19(28)23-10-17(26)27/h1-6,9,25H,7-8,10-11H2,(H,23,28)(H,26,27). The second kappa shape index (κ2) is 8.74. The van der Waals surface area contributed by atoms with Crippen LogP contribution in [0.1, 0.15) is 12.0 Å². The first-order chi connectivity index (χ1) is 13.8. The topological polar surface area (TPSA) is 120 Å². The minimum absolute atomic E-state index is 0.109. The number of hydrogen-bond donors (Lipinski definition) is 3. The van der Waals surface area contributed by atoms with Crippen molar-refractivity contribution < 1.29 is 24.6 Å². The largest absolute Gasteiger partial charge is 0.511 e. The molecule has 2 heterocycles. The maximum Gasteiger partial charge on any atom is 0.322 e. The SMILES string of the molecule is O=C(O)CNC(=O)C1=C(O)CCN(Cc2ccc(-c3ccc(Cl)cc3)nc2)C1=O. The van der Waals surface area contributed by atoms with Crippen LogP contribution in [0.25, 0.3) is 11.3 Å². The van der Waals surface area contributed by atoms with Crippen LogP contribution in [0, 0.1) is 0 Å². The van der Waals surface area contributed by atoms with Gasteiger partial charge in [-0.3, -0.25) is 19.4 Å². The van der Waals surface area contributed by atoms with Gasteiger partial charge in [-0.25, -0.2) is 0 Å². The molecule has 0 unspecified atom stereocenters. The zero-order valence-corrected chi connectivity index (χ0v) is 16.0. The summed E-state index contributed by atoms with van der Waals surface area (Å²) in [5, 5.41) is 21.3. The second-order valence-corrected chi connectivity index (χ2v) is 6.87. The number of pyridine rings is 1. The van der Waals surface area contributed by atoms with Crippen LogP contribution in [-0.4, -0.2) is 51.0 Å². The molecule has 0 saturated carbocycles. The first-order valence-corrected chi connectivity index (χ1v) is 9.15. The van der Waals surface area contributed by atoms with Crippen molar-refractivity contribution in [1.29, 1.82) is 0 Å². The Bertz CT molecular complexity index is 971. The molecule has 0 atom stereocenters. The Morgan fingerprint density at radius 1 is 1.17 bits per heavy atom. The molecule has 3 rings (SSSR count). The first-order valence-electron chi connectivity index (χ1n) is 8.77. The van der Waals surface area contributed by atoms with Crippen molar-refractivity contribution in [2.45, 2.75) is 13.0 Å². The highest BCUT2D eigenvalue weighted by atomic mass is 35.5. The van der Waals surface area contributed by atoms with Gasteiger partial charge in [-0.15, -0.1) is 0 Å². The summed E-state index contributed by atoms with van der Waals surface area (Å²) >= 11 is 5.89. The van der Waals surface area contributed by atoms with Crippen LogP contribution >= 0.6 is 11.6 Å². The summed E-state index contributed by atoms with van der Waals surface area (Å²) in [5.41, 5.74) is 1.98. The van der Waals surface area contributed by atoms with E-state index in [1.165, 1.54) is 4.90 Å². The molecule has 3 N–H and O–H groups in total. The van der Waals surface area contributed by atoms with Gasteiger partial charge in [0.2, 0.25) is 0 Å². The lowest BCUT2D eigenvalue weighted by Gasteiger charge is -2.28. The summed E-state index contributed by atoms with van der Waals surface area (Å²) in [7, 11) is 0. The number of aromatic nitrogens is 1. The van der Waals surface area contributed by atoms with Crippen LogP contribution in [-0.2, 0) is 20.9 Å². The molecule has 0 spiro atoms. The van der Waals surface area contributed by atoms with Gasteiger partial charge >= 0.3 is 5.97 Å². The average molecular weight is 416 g/mol. The number of nitrogens with one attached hydrogen (secondary N) is 1. The highest BCUT2D eigenvalue weighted by Gasteiger charge is 2.32. The molecule has 0 fully saturated rings. The zero-order valence-electron chi connectivity index (χ0n) is 15.3. The van der Waals surface area contributed by atoms with Crippen molar-refractivity contribution in [2.75, 3.05) is 13.1 Å². The molecule has 2 amide bonds. The van der Waals surface area contributed by atoms with Gasteiger partial charge < -0.3 is 20.4 Å². The number of hydrogen-bond acceptors (Lipinski definition) is 5. The summed E-state index contributed by atoms with van der Waals surface area (Å²) in [6, 6.07) is 10.9. The van der Waals surface area contributed by atoms with Crippen LogP contribution < -0.4 is 5.32 Å². The van der Waals surface area contributed by atoms with E-state index in [4.69, 9.17) is 16.7 Å². The Morgan fingerprint density at radius 3 is 2.52 bits per heavy atom. The molecule has 1 aromatic carbocycles. The van der Waals surface area contributed by atoms with Crippen LogP contribution in [0.5, 0.6) is 0 Å². The number of aliphatic carboxylic acids is 1. The molecule has 0 bridgehead atoms. The van der Waals surface area contributed by atoms with Crippen molar-refractivity contribution in [3.63, 3.8) is 0 Å². The van der Waals surface area contributed by atoms with E-state index in [1.54, 1.807) is 18.3 Å². The molecule has 150 valence electrons. The van der Waals surface area contributed by atoms with E-state index in [9.17, 15) is 19.5 Å². The normalized spacial score (nSPS) is 14.1. The molecule has 9 heteroatoms. The maximum absolute atomic E-state index is 12.6. The number of aliphatic hydroxyl groups excluding tert-OH is 1. The van der Waals surface area contributed by atoms with E-state index < -0.39 is 29.9 Å². The summed E-state index contributed by atoms with van der Waals surface area (Å²) in [6.45, 7) is -0.200. The maximum atomic E-state index is 12.6. The number of halogens is 1. The average Bonchev–Trinajstić information content (AvgIpc) is 2.70. The van der Waals surface area contributed by atoms with Crippen molar-refractivity contribution >= 4 is 29.4 Å². The van der Waals surface area contributed by atoms with Crippen molar-refractivity contribution in [1.82, 2.24) is 15.2 Å². The Labute approximate surface area is 171 Å². The molecule has 0 saturated heterocycles. The number of rotatable bonds is 6. The molecular formula is C20H18ClN3O5. The second-order valence-electron chi connectivity index (χ2n) is 6.43. The Balaban J connectivity index is 1.70. The van der Waals surface area contributed by atoms with Gasteiger partial charge in [-0.05, 0) is 23.8 Å². The predicted molar refractivity (Wildman–Crippen MR) is 105 cm³/mol. The lowest BCUT2D eigenvalue weighted by molar-refractivity contribution is -0.138. The summed E-state index contributed by atoms with van der Waals surface area (Å²) in [6.07, 6.45) is 1.75. The lowest BCUT2D eigenvalue weighted by atomic mass is 10.0. The zero-order chi connectivity index (χ0) is 21.0. The van der Waals surface area contributed by atoms with Gasteiger partial charge in [0.15, 0.2) is 0 Å². The van der Waals surface area contributed by atoms with Crippen molar-refractivity contribution in [3.05, 3.63) is 64.5 Å². The van der Waals surface area contributed by atoms with Crippen LogP contribution in [0.3, 0.4) is 0 Å². The lowest BCUT2D eigenvalue weighted by Crippen LogP contribution is -2.43. The molecular weight excluding hydrogens is 398 g/mol. The molecule has 8 nitrogen and oxygen atoms in total. The van der Waals surface area contributed by atoms with Crippen LogP contribution in [0.4, 0.5) is 0 Å². The quantitative estimate of drug-likeness (QED) is 0.622. The molecule has 29 heavy (non-hydrogen) atoms. The highest BCUT2D eigenvalue weighted by molar-refractivity contribution is 6.30. The van der Waals surface area contributed by atoms with Gasteiger partial charge in [0, 0.05) is 36.3 Å². The fourth-order valence-electron chi connectivity index (χ4n) is 2.90. The van der Waals surface area contributed by atoms with E-state index in [0.29, 0.717) is 5.02 Å². The predicted octanol–water partition coefficient (Wildman–Crippen LogP) is 2.15. The van der Waals surface area contributed by atoms with E-state index in [0.717, 1.165) is 16.8 Å². The van der Waals surface area contributed by atoms with E-state index in [1.807, 2.05) is 24.3 Å². The monoisotopic (exact) mass is 415 g/mol. The third-order valence-electron chi connectivity index (χ3n) is 4.37. The number of aliphatic hydroxyl groups is 1. The van der Waals surface area contributed by atoms with Gasteiger partial charge in [-0.2, -0.15) is 0 Å². The van der Waals surface area contributed by atoms with E-state index in [2.05, 4.69) is 10.3 Å². The fraction of sp³-hybridized carbons (Fsp3) is 0.200. The number of carboxylic acid groups (broad SMARTS) is 1. The summed E-state index contributed by atoms with van der Waals surface area (Å²) in [4.78, 5) is 41.1. The Morgan fingerprint density at radius 2 is 1.90 bits per heavy atom. The van der Waals surface area contributed by atoms with E-state index in [-0.39, 0.29) is 25.3 Å². The number of nitrogens with zero attached hydrogens (tertiary/aromatic N) is 2. The number of carboxylic acids is 1. The molecule has 1 aliphatic rings. The summed E-state index contributed by atoms with van der Waals surface area (Å²) < 4.78 is 0. The van der Waals surface area contributed by atoms with Gasteiger partial charge in [-0.1, -0.05) is 29.8 Å². The third kappa shape index (κ3) is 4.91. The minimum atomic E-state index is -1.24. The highest BCUT2D eigenvalue weighted by Crippen LogP contribution is 2.22. The number of carbonyl (C=O) groups excluding carboxylic acids is 2. The first kappa shape index (κ1) is 20.3. The number of benzene rings is 1. The van der Waals surface area contributed by atoms with Gasteiger partial charge in [0.25, 0.3) is 11.8 Å². The molecule has 2 aromatic rings. The number of carbonyl (C=O) groups is 3. The van der Waals surface area contributed by atoms with Crippen LogP contribution in [0.15, 0.2) is 53.9 Å². The molecule has 1 aromatic heterocycles. The van der Waals surface area contributed by atoms with E-state index >= 15 is 0 Å². The fourth-order valence-corrected chi connectivity index (χ4v) is 3.03. The molecule has 1 aliphatic heterocycles. The van der Waals surface area contributed by atoms with Crippen molar-refractivity contribution in [3.8, 4) is 11.3 Å².